The summed E-state index contributed by atoms with van der Waals surface area (Å²) in [6.07, 6.45) is 1.48. The first-order valence-corrected chi connectivity index (χ1v) is 6.99. The van der Waals surface area contributed by atoms with Crippen molar-refractivity contribution in [1.29, 1.82) is 5.41 Å². The van der Waals surface area contributed by atoms with Crippen LogP contribution in [0.15, 0.2) is 0 Å². The lowest BCUT2D eigenvalue weighted by molar-refractivity contribution is -0.145. The summed E-state index contributed by atoms with van der Waals surface area (Å²) in [5, 5.41) is 12.3. The van der Waals surface area contributed by atoms with E-state index in [9.17, 15) is 9.59 Å². The molecule has 0 aromatic heterocycles. The number of carbonyl (C=O) groups is 2. The first-order chi connectivity index (χ1) is 9.77. The number of methoxy groups -OCH3 is 1. The molecule has 2 unspecified atom stereocenters. The maximum Gasteiger partial charge on any atom is 0.328 e. The highest BCUT2D eigenvalue weighted by Crippen LogP contribution is 2.05. The molecule has 0 saturated carbocycles. The van der Waals surface area contributed by atoms with Gasteiger partial charge in [0.1, 0.15) is 6.04 Å². The maximum atomic E-state index is 11.9. The minimum absolute atomic E-state index is 0.132. The van der Waals surface area contributed by atoms with Gasteiger partial charge in [0, 0.05) is 6.54 Å². The first kappa shape index (κ1) is 19.2. The van der Waals surface area contributed by atoms with Crippen LogP contribution in [-0.2, 0) is 14.3 Å². The molecular weight excluding hydrogens is 274 g/mol. The molecule has 0 aliphatic rings. The maximum absolute atomic E-state index is 11.9. The predicted molar refractivity (Wildman–Crippen MR) is 80.5 cm³/mol. The SMILES string of the molecule is COC(=O)C(CCCNC(=N)N)NC(=O)C(N)CC(C)C. The van der Waals surface area contributed by atoms with Crippen LogP contribution >= 0.6 is 0 Å². The van der Waals surface area contributed by atoms with Crippen molar-refractivity contribution in [3.05, 3.63) is 0 Å². The Balaban J connectivity index is 4.38. The van der Waals surface area contributed by atoms with E-state index < -0.39 is 18.1 Å². The second kappa shape index (κ2) is 9.98. The molecule has 122 valence electrons. The molecule has 0 aromatic carbocycles. The number of nitrogens with two attached hydrogens (primary N) is 2. The van der Waals surface area contributed by atoms with Gasteiger partial charge in [0.25, 0.3) is 0 Å². The fourth-order valence-electron chi connectivity index (χ4n) is 1.81. The van der Waals surface area contributed by atoms with Crippen molar-refractivity contribution in [2.24, 2.45) is 17.4 Å². The van der Waals surface area contributed by atoms with E-state index in [0.29, 0.717) is 31.7 Å². The third-order valence-corrected chi connectivity index (χ3v) is 2.85. The van der Waals surface area contributed by atoms with Gasteiger partial charge in [-0.3, -0.25) is 10.2 Å². The Labute approximate surface area is 125 Å². The summed E-state index contributed by atoms with van der Waals surface area (Å²) in [6.45, 7) is 4.38. The lowest BCUT2D eigenvalue weighted by Crippen LogP contribution is -2.49. The number of hydrogen-bond donors (Lipinski definition) is 5. The minimum Gasteiger partial charge on any atom is -0.467 e. The largest absolute Gasteiger partial charge is 0.467 e. The number of rotatable bonds is 9. The molecule has 0 fully saturated rings. The highest BCUT2D eigenvalue weighted by molar-refractivity contribution is 5.87. The Hall–Kier alpha value is -1.83. The number of ether oxygens (including phenoxy) is 1. The lowest BCUT2D eigenvalue weighted by atomic mass is 10.0. The van der Waals surface area contributed by atoms with Crippen molar-refractivity contribution in [2.45, 2.75) is 45.2 Å². The van der Waals surface area contributed by atoms with Gasteiger partial charge in [-0.1, -0.05) is 13.8 Å². The van der Waals surface area contributed by atoms with Crippen molar-refractivity contribution < 1.29 is 14.3 Å². The minimum atomic E-state index is -0.741. The Morgan fingerprint density at radius 3 is 2.43 bits per heavy atom. The highest BCUT2D eigenvalue weighted by Gasteiger charge is 2.24. The van der Waals surface area contributed by atoms with Gasteiger partial charge in [-0.25, -0.2) is 4.79 Å². The Bertz CT molecular complexity index is 360. The Morgan fingerprint density at radius 2 is 1.95 bits per heavy atom. The van der Waals surface area contributed by atoms with E-state index in [0.717, 1.165) is 0 Å². The molecule has 0 aliphatic heterocycles. The van der Waals surface area contributed by atoms with Crippen molar-refractivity contribution in [3.8, 4) is 0 Å². The second-order valence-corrected chi connectivity index (χ2v) is 5.30. The summed E-state index contributed by atoms with van der Waals surface area (Å²) in [6, 6.07) is -1.39. The van der Waals surface area contributed by atoms with E-state index in [1.54, 1.807) is 0 Å². The number of esters is 1. The zero-order valence-electron chi connectivity index (χ0n) is 12.9. The van der Waals surface area contributed by atoms with Crippen molar-refractivity contribution >= 4 is 17.8 Å². The van der Waals surface area contributed by atoms with E-state index in [4.69, 9.17) is 16.9 Å². The van der Waals surface area contributed by atoms with Gasteiger partial charge < -0.3 is 26.8 Å². The van der Waals surface area contributed by atoms with Crippen LogP contribution in [0.3, 0.4) is 0 Å². The van der Waals surface area contributed by atoms with Crippen LogP contribution < -0.4 is 22.1 Å². The van der Waals surface area contributed by atoms with Crippen LogP contribution in [0.2, 0.25) is 0 Å². The third-order valence-electron chi connectivity index (χ3n) is 2.85. The summed E-state index contributed by atoms with van der Waals surface area (Å²) in [4.78, 5) is 23.6. The van der Waals surface area contributed by atoms with E-state index in [1.165, 1.54) is 7.11 Å². The molecule has 0 bridgehead atoms. The van der Waals surface area contributed by atoms with Gasteiger partial charge in [0.15, 0.2) is 5.96 Å². The summed E-state index contributed by atoms with van der Waals surface area (Å²) < 4.78 is 4.67. The zero-order chi connectivity index (χ0) is 16.4. The lowest BCUT2D eigenvalue weighted by Gasteiger charge is -2.20. The van der Waals surface area contributed by atoms with Gasteiger partial charge >= 0.3 is 5.97 Å². The van der Waals surface area contributed by atoms with Crippen LogP contribution in [0.25, 0.3) is 0 Å². The molecule has 0 saturated heterocycles. The zero-order valence-corrected chi connectivity index (χ0v) is 12.9. The summed E-state index contributed by atoms with van der Waals surface area (Å²) in [5.41, 5.74) is 10.9. The fourth-order valence-corrected chi connectivity index (χ4v) is 1.81. The third kappa shape index (κ3) is 8.85. The molecule has 8 nitrogen and oxygen atoms in total. The van der Waals surface area contributed by atoms with Crippen LogP contribution in [0, 0.1) is 11.3 Å². The standard InChI is InChI=1S/C13H27N5O3/c1-8(2)7-9(14)11(19)18-10(12(20)21-3)5-4-6-17-13(15)16/h8-10H,4-7,14H2,1-3H3,(H,18,19)(H4,15,16,17). The Morgan fingerprint density at radius 1 is 1.33 bits per heavy atom. The molecule has 1 amide bonds. The van der Waals surface area contributed by atoms with E-state index in [2.05, 4.69) is 15.4 Å². The second-order valence-electron chi connectivity index (χ2n) is 5.30. The predicted octanol–water partition coefficient (Wildman–Crippen LogP) is -0.719. The number of guanidine groups is 1. The molecule has 0 aromatic rings. The van der Waals surface area contributed by atoms with E-state index in [1.807, 2.05) is 13.8 Å². The number of carbonyl (C=O) groups excluding carboxylic acids is 2. The molecule has 0 spiro atoms. The molecule has 0 aliphatic carbocycles. The fraction of sp³-hybridized carbons (Fsp3) is 0.769. The molecule has 0 rings (SSSR count). The molecular formula is C13H27N5O3. The summed E-state index contributed by atoms with van der Waals surface area (Å²) in [5.74, 6) is -0.712. The van der Waals surface area contributed by atoms with Crippen LogP contribution in [0.4, 0.5) is 0 Å². The Kier molecular flexibility index (Phi) is 9.11. The monoisotopic (exact) mass is 301 g/mol. The average Bonchev–Trinajstić information content (AvgIpc) is 2.39. The van der Waals surface area contributed by atoms with E-state index in [-0.39, 0.29) is 11.9 Å². The summed E-state index contributed by atoms with van der Waals surface area (Å²) in [7, 11) is 1.27. The van der Waals surface area contributed by atoms with Gasteiger partial charge in [0.05, 0.1) is 13.2 Å². The van der Waals surface area contributed by atoms with Crippen molar-refractivity contribution in [2.75, 3.05) is 13.7 Å². The van der Waals surface area contributed by atoms with Crippen LogP contribution in [-0.4, -0.2) is 43.6 Å². The normalized spacial score (nSPS) is 13.4. The summed E-state index contributed by atoms with van der Waals surface area (Å²) >= 11 is 0. The molecule has 8 heteroatoms. The smallest absolute Gasteiger partial charge is 0.328 e. The topological polar surface area (TPSA) is 143 Å². The number of amides is 1. The number of hydrogen-bond acceptors (Lipinski definition) is 5. The van der Waals surface area contributed by atoms with E-state index >= 15 is 0 Å². The van der Waals surface area contributed by atoms with Gasteiger partial charge in [0.2, 0.25) is 5.91 Å². The van der Waals surface area contributed by atoms with Crippen LogP contribution in [0.1, 0.15) is 33.1 Å². The molecule has 21 heavy (non-hydrogen) atoms. The molecule has 2 atom stereocenters. The quantitative estimate of drug-likeness (QED) is 0.165. The number of nitrogens with one attached hydrogen (secondary N) is 3. The van der Waals surface area contributed by atoms with Crippen molar-refractivity contribution in [3.63, 3.8) is 0 Å². The van der Waals surface area contributed by atoms with Crippen LogP contribution in [0.5, 0.6) is 0 Å². The van der Waals surface area contributed by atoms with Gasteiger partial charge in [-0.15, -0.1) is 0 Å². The van der Waals surface area contributed by atoms with Gasteiger partial charge in [-0.2, -0.15) is 0 Å². The molecule has 0 radical (unpaired) electrons. The average molecular weight is 301 g/mol. The molecule has 7 N–H and O–H groups in total. The highest BCUT2D eigenvalue weighted by atomic mass is 16.5. The molecule has 0 heterocycles. The van der Waals surface area contributed by atoms with Crippen molar-refractivity contribution in [1.82, 2.24) is 10.6 Å². The first-order valence-electron chi connectivity index (χ1n) is 6.99. The van der Waals surface area contributed by atoms with Gasteiger partial charge in [-0.05, 0) is 25.2 Å².